The highest BCUT2D eigenvalue weighted by Gasteiger charge is 2.38. The van der Waals surface area contributed by atoms with Crippen LogP contribution in [-0.4, -0.2) is 57.7 Å². The number of carbonyl (C=O) groups excluding carboxylic acids is 1. The Kier molecular flexibility index (Phi) is 10.1. The Balaban J connectivity index is 0.000000559. The SMILES string of the molecule is CC(Oc1cc(-n2cnc3ccc(CN(C)CCN)cc32)sc1C(N)=O)c1ccccc1Cl.O=C(O)C(F)(F)F. The summed E-state index contributed by atoms with van der Waals surface area (Å²) in [5, 5.41) is 8.52. The van der Waals surface area contributed by atoms with Crippen molar-refractivity contribution < 1.29 is 32.6 Å². The van der Waals surface area contributed by atoms with Crippen LogP contribution in [0.3, 0.4) is 0 Å². The first-order valence-corrected chi connectivity index (χ1v) is 13.0. The first-order chi connectivity index (χ1) is 18.8. The van der Waals surface area contributed by atoms with Crippen molar-refractivity contribution in [3.63, 3.8) is 0 Å². The monoisotopic (exact) mass is 597 g/mol. The number of aromatic nitrogens is 2. The van der Waals surface area contributed by atoms with E-state index in [2.05, 4.69) is 22.0 Å². The standard InChI is InChI=1S/C24H26ClN5O2S.C2HF3O2/c1-15(17-5-3-4-6-18(17)25)32-21-12-22(33-23(21)24(27)31)30-14-28-19-8-7-16(11-20(19)30)13-29(2)10-9-26;3-2(4,5)1(6)7/h3-8,11-12,14-15H,9-10,13,26H2,1-2H3,(H2,27,31);(H,6,7). The zero-order chi connectivity index (χ0) is 29.6. The minimum Gasteiger partial charge on any atom is -0.484 e. The van der Waals surface area contributed by atoms with Gasteiger partial charge in [0.2, 0.25) is 0 Å². The number of rotatable bonds is 9. The molecule has 5 N–H and O–H groups in total. The van der Waals surface area contributed by atoms with Crippen molar-refractivity contribution in [1.82, 2.24) is 14.5 Å². The lowest BCUT2D eigenvalue weighted by atomic mass is 10.1. The average Bonchev–Trinajstić information content (AvgIpc) is 3.48. The predicted molar refractivity (Wildman–Crippen MR) is 147 cm³/mol. The third-order valence-corrected chi connectivity index (χ3v) is 7.09. The van der Waals surface area contributed by atoms with E-state index in [1.165, 1.54) is 11.3 Å². The number of nitrogens with two attached hydrogens (primary N) is 2. The normalized spacial score (nSPS) is 12.2. The first-order valence-electron chi connectivity index (χ1n) is 11.8. The Bertz CT molecular complexity index is 1490. The van der Waals surface area contributed by atoms with Crippen molar-refractivity contribution in [2.24, 2.45) is 11.5 Å². The summed E-state index contributed by atoms with van der Waals surface area (Å²) in [6.45, 7) is 4.09. The van der Waals surface area contributed by atoms with E-state index in [9.17, 15) is 18.0 Å². The van der Waals surface area contributed by atoms with E-state index in [1.54, 1.807) is 6.33 Å². The Morgan fingerprint density at radius 3 is 2.50 bits per heavy atom. The molecule has 0 aliphatic rings. The van der Waals surface area contributed by atoms with Crippen LogP contribution in [0.5, 0.6) is 5.75 Å². The number of fused-ring (bicyclic) bond motifs is 1. The van der Waals surface area contributed by atoms with Crippen LogP contribution in [0.15, 0.2) is 54.9 Å². The number of carboxylic acids is 1. The number of halogens is 4. The molecule has 0 spiro atoms. The minimum atomic E-state index is -5.08. The molecule has 2 aromatic carbocycles. The van der Waals surface area contributed by atoms with E-state index in [0.29, 0.717) is 22.2 Å². The fourth-order valence-corrected chi connectivity index (χ4v) is 4.95. The van der Waals surface area contributed by atoms with Crippen molar-refractivity contribution in [3.05, 3.63) is 75.9 Å². The van der Waals surface area contributed by atoms with Gasteiger partial charge in [0.1, 0.15) is 28.1 Å². The van der Waals surface area contributed by atoms with Gasteiger partial charge in [0.25, 0.3) is 5.91 Å². The van der Waals surface area contributed by atoms with Gasteiger partial charge >= 0.3 is 12.1 Å². The summed E-state index contributed by atoms with van der Waals surface area (Å²) >= 11 is 7.59. The van der Waals surface area contributed by atoms with Gasteiger partial charge in [-0.05, 0) is 37.7 Å². The number of hydrogen-bond donors (Lipinski definition) is 3. The third-order valence-electron chi connectivity index (χ3n) is 5.61. The Hall–Kier alpha value is -3.65. The molecule has 1 atom stereocenters. The molecular formula is C26H27ClF3N5O4S. The third kappa shape index (κ3) is 7.72. The van der Waals surface area contributed by atoms with Gasteiger partial charge in [0, 0.05) is 36.3 Å². The van der Waals surface area contributed by atoms with Crippen LogP contribution >= 0.6 is 22.9 Å². The molecule has 14 heteroatoms. The van der Waals surface area contributed by atoms with E-state index in [1.807, 2.05) is 54.9 Å². The van der Waals surface area contributed by atoms with Crippen molar-refractivity contribution in [1.29, 1.82) is 0 Å². The number of aliphatic carboxylic acids is 1. The lowest BCUT2D eigenvalue weighted by Gasteiger charge is -2.16. The topological polar surface area (TPSA) is 137 Å². The zero-order valence-electron chi connectivity index (χ0n) is 21.5. The molecule has 0 radical (unpaired) electrons. The number of imidazole rings is 1. The number of carbonyl (C=O) groups is 2. The summed E-state index contributed by atoms with van der Waals surface area (Å²) in [4.78, 5) is 28.1. The summed E-state index contributed by atoms with van der Waals surface area (Å²) in [5.74, 6) is -2.87. The predicted octanol–water partition coefficient (Wildman–Crippen LogP) is 5.00. The molecule has 0 saturated heterocycles. The summed E-state index contributed by atoms with van der Waals surface area (Å²) < 4.78 is 39.8. The zero-order valence-corrected chi connectivity index (χ0v) is 23.1. The highest BCUT2D eigenvalue weighted by molar-refractivity contribution is 7.16. The quantitative estimate of drug-likeness (QED) is 0.247. The lowest BCUT2D eigenvalue weighted by molar-refractivity contribution is -0.192. The molecule has 40 heavy (non-hydrogen) atoms. The van der Waals surface area contributed by atoms with Crippen molar-refractivity contribution in [3.8, 4) is 10.8 Å². The molecule has 2 heterocycles. The molecule has 0 saturated carbocycles. The molecule has 4 aromatic rings. The summed E-state index contributed by atoms with van der Waals surface area (Å²) in [6, 6.07) is 15.5. The van der Waals surface area contributed by atoms with Crippen molar-refractivity contribution >= 4 is 45.8 Å². The van der Waals surface area contributed by atoms with Gasteiger partial charge in [-0.25, -0.2) is 9.78 Å². The number of thiophene rings is 1. The van der Waals surface area contributed by atoms with E-state index in [0.717, 1.165) is 40.3 Å². The number of amides is 1. The molecule has 0 fully saturated rings. The maximum absolute atomic E-state index is 12.2. The Morgan fingerprint density at radius 2 is 1.90 bits per heavy atom. The molecule has 1 amide bonds. The van der Waals surface area contributed by atoms with Gasteiger partial charge in [0.05, 0.1) is 11.0 Å². The second-order valence-corrected chi connectivity index (χ2v) is 10.1. The molecule has 0 aliphatic carbocycles. The van der Waals surface area contributed by atoms with E-state index in [-0.39, 0.29) is 6.10 Å². The van der Waals surface area contributed by atoms with Gasteiger partial charge in [-0.1, -0.05) is 35.9 Å². The smallest absolute Gasteiger partial charge is 0.484 e. The highest BCUT2D eigenvalue weighted by atomic mass is 35.5. The van der Waals surface area contributed by atoms with Crippen molar-refractivity contribution in [2.45, 2.75) is 25.7 Å². The van der Waals surface area contributed by atoms with Crippen LogP contribution in [0.25, 0.3) is 16.0 Å². The molecule has 2 aromatic heterocycles. The number of likely N-dealkylation sites (N-methyl/N-ethyl adjacent to an activating group) is 1. The summed E-state index contributed by atoms with van der Waals surface area (Å²) in [7, 11) is 2.04. The second-order valence-electron chi connectivity index (χ2n) is 8.69. The number of nitrogens with zero attached hydrogens (tertiary/aromatic N) is 3. The van der Waals surface area contributed by atoms with E-state index < -0.39 is 18.1 Å². The lowest BCUT2D eigenvalue weighted by Crippen LogP contribution is -2.24. The van der Waals surface area contributed by atoms with Crippen LogP contribution in [0, 0.1) is 0 Å². The molecule has 0 bridgehead atoms. The van der Waals surface area contributed by atoms with Crippen LogP contribution in [0.2, 0.25) is 5.02 Å². The van der Waals surface area contributed by atoms with E-state index >= 15 is 0 Å². The molecule has 4 rings (SSSR count). The number of hydrogen-bond acceptors (Lipinski definition) is 7. The minimum absolute atomic E-state index is 0.351. The second kappa shape index (κ2) is 13.1. The number of benzene rings is 2. The molecule has 1 unspecified atom stereocenters. The van der Waals surface area contributed by atoms with Gasteiger partial charge in [-0.15, -0.1) is 11.3 Å². The van der Waals surface area contributed by atoms with Crippen LogP contribution < -0.4 is 16.2 Å². The largest absolute Gasteiger partial charge is 0.490 e. The Labute approximate surface area is 236 Å². The maximum atomic E-state index is 12.2. The van der Waals surface area contributed by atoms with Gasteiger partial charge in [-0.2, -0.15) is 13.2 Å². The van der Waals surface area contributed by atoms with Gasteiger partial charge in [0.15, 0.2) is 0 Å². The number of ether oxygens (including phenoxy) is 1. The van der Waals surface area contributed by atoms with Crippen molar-refractivity contribution in [2.75, 3.05) is 20.1 Å². The van der Waals surface area contributed by atoms with Crippen LogP contribution in [0.4, 0.5) is 13.2 Å². The number of primary amides is 1. The van der Waals surface area contributed by atoms with Gasteiger partial charge < -0.3 is 26.2 Å². The fraction of sp³-hybridized carbons (Fsp3) is 0.269. The average molecular weight is 598 g/mol. The summed E-state index contributed by atoms with van der Waals surface area (Å²) in [6.07, 6.45) is -3.70. The molecular weight excluding hydrogens is 571 g/mol. The number of alkyl halides is 3. The molecule has 214 valence electrons. The fourth-order valence-electron chi connectivity index (χ4n) is 3.74. The Morgan fingerprint density at radius 1 is 1.23 bits per heavy atom. The first kappa shape index (κ1) is 30.9. The van der Waals surface area contributed by atoms with E-state index in [4.69, 9.17) is 37.7 Å². The molecule has 9 nitrogen and oxygen atoms in total. The number of carboxylic acid groups (broad SMARTS) is 1. The van der Waals surface area contributed by atoms with Crippen LogP contribution in [-0.2, 0) is 11.3 Å². The molecule has 0 aliphatic heterocycles. The highest BCUT2D eigenvalue weighted by Crippen LogP contribution is 2.37. The van der Waals surface area contributed by atoms with Crippen LogP contribution in [0.1, 0.15) is 33.8 Å². The van der Waals surface area contributed by atoms with Gasteiger partial charge in [-0.3, -0.25) is 9.36 Å². The summed E-state index contributed by atoms with van der Waals surface area (Å²) in [5.41, 5.74) is 15.1. The maximum Gasteiger partial charge on any atom is 0.490 e.